The molecule has 0 saturated carbocycles. The van der Waals surface area contributed by atoms with Crippen molar-refractivity contribution in [3.8, 4) is 22.9 Å². The number of amides is 1. The molecule has 1 unspecified atom stereocenters. The first-order valence-electron chi connectivity index (χ1n) is 10.1. The highest BCUT2D eigenvalue weighted by molar-refractivity contribution is 5.95. The van der Waals surface area contributed by atoms with E-state index in [1.54, 1.807) is 19.2 Å². The van der Waals surface area contributed by atoms with Gasteiger partial charge in [-0.3, -0.25) is 9.89 Å². The Kier molecular flexibility index (Phi) is 7.78. The molecule has 33 heavy (non-hydrogen) atoms. The van der Waals surface area contributed by atoms with Gasteiger partial charge < -0.3 is 20.2 Å². The number of carbonyl (C=O) groups is 2. The van der Waals surface area contributed by atoms with Crippen molar-refractivity contribution in [1.82, 2.24) is 25.8 Å². The van der Waals surface area contributed by atoms with E-state index in [4.69, 9.17) is 4.74 Å². The maximum absolute atomic E-state index is 12.8. The molecule has 2 heterocycles. The lowest BCUT2D eigenvalue weighted by Gasteiger charge is -2.16. The molecular formula is C22H22F3N5O3. The number of hydrogen-bond donors (Lipinski definition) is 3. The Balaban J connectivity index is 1.80. The van der Waals surface area contributed by atoms with Crippen LogP contribution in [-0.4, -0.2) is 47.0 Å². The van der Waals surface area contributed by atoms with Crippen LogP contribution in [0.1, 0.15) is 28.8 Å². The first-order chi connectivity index (χ1) is 15.8. The van der Waals surface area contributed by atoms with E-state index in [9.17, 15) is 22.8 Å². The number of ether oxygens (including phenoxy) is 1. The molecule has 174 valence electrons. The fourth-order valence-electron chi connectivity index (χ4n) is 3.02. The Morgan fingerprint density at radius 1 is 1.24 bits per heavy atom. The van der Waals surface area contributed by atoms with Crippen LogP contribution in [-0.2, 0) is 11.0 Å². The van der Waals surface area contributed by atoms with E-state index >= 15 is 0 Å². The first-order valence-corrected chi connectivity index (χ1v) is 10.1. The molecule has 0 radical (unpaired) electrons. The second-order valence-electron chi connectivity index (χ2n) is 7.11. The van der Waals surface area contributed by atoms with Crippen LogP contribution < -0.4 is 15.4 Å². The summed E-state index contributed by atoms with van der Waals surface area (Å²) in [5, 5.41) is 12.5. The van der Waals surface area contributed by atoms with E-state index in [0.717, 1.165) is 18.4 Å². The quantitative estimate of drug-likeness (QED) is 0.398. The van der Waals surface area contributed by atoms with Gasteiger partial charge in [0, 0.05) is 31.4 Å². The Morgan fingerprint density at radius 2 is 2.00 bits per heavy atom. The summed E-state index contributed by atoms with van der Waals surface area (Å²) in [6.07, 6.45) is 0.151. The van der Waals surface area contributed by atoms with E-state index in [1.807, 2.05) is 0 Å². The molecule has 0 aliphatic heterocycles. The van der Waals surface area contributed by atoms with Gasteiger partial charge >= 0.3 is 6.18 Å². The topological polar surface area (TPSA) is 109 Å². The molecule has 0 fully saturated rings. The number of likely N-dealkylation sites (N-methyl/N-ethyl adjacent to an activating group) is 1. The average molecular weight is 461 g/mol. The van der Waals surface area contributed by atoms with E-state index in [1.165, 1.54) is 24.5 Å². The van der Waals surface area contributed by atoms with Crippen LogP contribution in [0.3, 0.4) is 0 Å². The predicted molar refractivity (Wildman–Crippen MR) is 114 cm³/mol. The number of H-pyrrole nitrogens is 1. The Labute approximate surface area is 187 Å². The number of nitrogens with one attached hydrogen (secondary N) is 3. The number of aromatic nitrogens is 3. The van der Waals surface area contributed by atoms with E-state index in [2.05, 4.69) is 25.8 Å². The summed E-state index contributed by atoms with van der Waals surface area (Å²) in [7, 11) is 1.74. The highest BCUT2D eigenvalue weighted by atomic mass is 19.4. The number of alkyl halides is 3. The minimum atomic E-state index is -4.45. The van der Waals surface area contributed by atoms with Gasteiger partial charge in [-0.15, -0.1) is 0 Å². The standard InChI is InChI=1S/C22H22F3N5O3/c1-26-16(3-2-10-31)13-27-20(32)14-11-18(19-8-9-29-30-19)21(28-12-14)33-17-6-4-15(5-7-17)22(23,24)25/h4-12,16,26H,2-3,13H2,1H3,(H,27,32)(H,29,30). The van der Waals surface area contributed by atoms with Crippen LogP contribution in [0.25, 0.3) is 11.3 Å². The average Bonchev–Trinajstić information content (AvgIpc) is 3.34. The maximum atomic E-state index is 12.8. The summed E-state index contributed by atoms with van der Waals surface area (Å²) in [6, 6.07) is 7.34. The van der Waals surface area contributed by atoms with E-state index < -0.39 is 11.7 Å². The monoisotopic (exact) mass is 461 g/mol. The molecule has 3 rings (SSSR count). The molecule has 8 nitrogen and oxygen atoms in total. The largest absolute Gasteiger partial charge is 0.438 e. The summed E-state index contributed by atoms with van der Waals surface area (Å²) in [5.74, 6) is -0.133. The Morgan fingerprint density at radius 3 is 2.61 bits per heavy atom. The smallest absolute Gasteiger partial charge is 0.416 e. The number of rotatable bonds is 10. The lowest BCUT2D eigenvalue weighted by Crippen LogP contribution is -2.39. The molecule has 0 spiro atoms. The predicted octanol–water partition coefficient (Wildman–Crippen LogP) is 3.58. The van der Waals surface area contributed by atoms with Gasteiger partial charge in [0.2, 0.25) is 5.88 Å². The highest BCUT2D eigenvalue weighted by Crippen LogP contribution is 2.34. The van der Waals surface area contributed by atoms with Crippen LogP contribution in [0.2, 0.25) is 0 Å². The van der Waals surface area contributed by atoms with Gasteiger partial charge in [0.05, 0.1) is 22.4 Å². The van der Waals surface area contributed by atoms with Crippen molar-refractivity contribution in [2.45, 2.75) is 25.1 Å². The molecule has 3 aromatic rings. The van der Waals surface area contributed by atoms with Crippen LogP contribution in [0.15, 0.2) is 48.8 Å². The lowest BCUT2D eigenvalue weighted by molar-refractivity contribution is -0.137. The zero-order valence-corrected chi connectivity index (χ0v) is 17.6. The molecule has 11 heteroatoms. The zero-order valence-electron chi connectivity index (χ0n) is 17.6. The van der Waals surface area contributed by atoms with Crippen molar-refractivity contribution >= 4 is 12.2 Å². The molecular weight excluding hydrogens is 439 g/mol. The van der Waals surface area contributed by atoms with E-state index in [0.29, 0.717) is 30.6 Å². The van der Waals surface area contributed by atoms with Gasteiger partial charge in [-0.2, -0.15) is 18.3 Å². The third kappa shape index (κ3) is 6.39. The van der Waals surface area contributed by atoms with Crippen LogP contribution >= 0.6 is 0 Å². The number of nitrogens with zero attached hydrogens (tertiary/aromatic N) is 2. The Hall–Kier alpha value is -3.73. The normalized spacial score (nSPS) is 12.2. The van der Waals surface area contributed by atoms with Crippen molar-refractivity contribution in [1.29, 1.82) is 0 Å². The number of aromatic amines is 1. The zero-order chi connectivity index (χ0) is 23.8. The molecule has 2 aromatic heterocycles. The van der Waals surface area contributed by atoms with Crippen molar-refractivity contribution < 1.29 is 27.5 Å². The Bertz CT molecular complexity index is 1070. The van der Waals surface area contributed by atoms with E-state index in [-0.39, 0.29) is 29.1 Å². The van der Waals surface area contributed by atoms with Gasteiger partial charge in [-0.25, -0.2) is 4.98 Å². The molecule has 1 amide bonds. The number of hydrogen-bond acceptors (Lipinski definition) is 6. The number of halogens is 3. The molecule has 0 saturated heterocycles. The summed E-state index contributed by atoms with van der Waals surface area (Å²) >= 11 is 0. The van der Waals surface area contributed by atoms with Crippen molar-refractivity contribution in [2.75, 3.05) is 13.6 Å². The van der Waals surface area contributed by atoms with Gasteiger partial charge in [-0.05, 0) is 49.9 Å². The molecule has 1 atom stereocenters. The summed E-state index contributed by atoms with van der Waals surface area (Å²) in [6.45, 7) is 0.312. The van der Waals surface area contributed by atoms with Crippen LogP contribution in [0.5, 0.6) is 11.6 Å². The van der Waals surface area contributed by atoms with Crippen molar-refractivity contribution in [3.05, 3.63) is 59.9 Å². The first kappa shape index (κ1) is 23.9. The third-order valence-electron chi connectivity index (χ3n) is 4.85. The van der Waals surface area contributed by atoms with Crippen LogP contribution in [0, 0.1) is 0 Å². The van der Waals surface area contributed by atoms with Gasteiger partial charge in [0.15, 0.2) is 0 Å². The minimum Gasteiger partial charge on any atom is -0.438 e. The molecule has 0 aliphatic carbocycles. The molecule has 0 bridgehead atoms. The fraction of sp³-hybridized carbons (Fsp3) is 0.273. The molecule has 0 aliphatic rings. The second-order valence-corrected chi connectivity index (χ2v) is 7.11. The minimum absolute atomic E-state index is 0.0681. The highest BCUT2D eigenvalue weighted by Gasteiger charge is 2.30. The SMILES string of the molecule is CNC(CCC=O)CNC(=O)c1cnc(Oc2ccc(C(F)(F)F)cc2)c(-c2ccn[nH]2)c1. The fourth-order valence-corrected chi connectivity index (χ4v) is 3.02. The second kappa shape index (κ2) is 10.7. The summed E-state index contributed by atoms with van der Waals surface area (Å²) < 4.78 is 44.1. The van der Waals surface area contributed by atoms with Gasteiger partial charge in [0.25, 0.3) is 5.91 Å². The maximum Gasteiger partial charge on any atom is 0.416 e. The van der Waals surface area contributed by atoms with Gasteiger partial charge in [0.1, 0.15) is 12.0 Å². The van der Waals surface area contributed by atoms with Crippen molar-refractivity contribution in [3.63, 3.8) is 0 Å². The summed E-state index contributed by atoms with van der Waals surface area (Å²) in [4.78, 5) is 27.4. The number of benzene rings is 1. The number of aldehydes is 1. The van der Waals surface area contributed by atoms with Gasteiger partial charge in [-0.1, -0.05) is 0 Å². The van der Waals surface area contributed by atoms with Crippen molar-refractivity contribution in [2.24, 2.45) is 0 Å². The number of carbonyl (C=O) groups excluding carboxylic acids is 2. The summed E-state index contributed by atoms with van der Waals surface area (Å²) in [5.41, 5.74) is 0.380. The number of pyridine rings is 1. The molecule has 1 aromatic carbocycles. The molecule has 3 N–H and O–H groups in total. The lowest BCUT2D eigenvalue weighted by atomic mass is 10.1. The third-order valence-corrected chi connectivity index (χ3v) is 4.85. The van der Waals surface area contributed by atoms with Crippen LogP contribution in [0.4, 0.5) is 13.2 Å².